The normalized spacial score (nSPS) is 20.1. The number of carboxylic acids is 1. The van der Waals surface area contributed by atoms with E-state index in [1.54, 1.807) is 31.9 Å². The van der Waals surface area contributed by atoms with Gasteiger partial charge < -0.3 is 19.1 Å². The maximum absolute atomic E-state index is 12.7. The summed E-state index contributed by atoms with van der Waals surface area (Å²) in [5.74, 6) is -0.815. The Morgan fingerprint density at radius 3 is 2.22 bits per heavy atom. The van der Waals surface area contributed by atoms with Crippen LogP contribution in [0.1, 0.15) is 23.3 Å². The molecule has 2 unspecified atom stereocenters. The number of hydrogen-bond donors (Lipinski definition) is 1. The maximum Gasteiger partial charge on any atom is 0.307 e. The van der Waals surface area contributed by atoms with E-state index < -0.39 is 17.8 Å². The molecule has 3 rings (SSSR count). The van der Waals surface area contributed by atoms with Crippen LogP contribution in [0.3, 0.4) is 0 Å². The van der Waals surface area contributed by atoms with E-state index in [1.165, 1.54) is 0 Å². The molecule has 1 fully saturated rings. The van der Waals surface area contributed by atoms with Crippen molar-refractivity contribution in [2.24, 2.45) is 18.9 Å². The van der Waals surface area contributed by atoms with Gasteiger partial charge in [-0.1, -0.05) is 0 Å². The van der Waals surface area contributed by atoms with Gasteiger partial charge in [-0.05, 0) is 25.0 Å². The fourth-order valence-electron chi connectivity index (χ4n) is 3.20. The Morgan fingerprint density at radius 1 is 1.09 bits per heavy atom. The van der Waals surface area contributed by atoms with Crippen molar-refractivity contribution in [1.29, 1.82) is 0 Å². The summed E-state index contributed by atoms with van der Waals surface area (Å²) in [5.41, 5.74) is 1.36. The zero-order chi connectivity index (χ0) is 16.7. The van der Waals surface area contributed by atoms with Crippen LogP contribution in [-0.4, -0.2) is 35.6 Å². The van der Waals surface area contributed by atoms with Crippen molar-refractivity contribution in [3.63, 3.8) is 0 Å². The maximum atomic E-state index is 12.7. The number of ether oxygens (including phenoxy) is 2. The summed E-state index contributed by atoms with van der Waals surface area (Å²) in [6.07, 6.45) is 1.20. The molecule has 0 spiro atoms. The van der Waals surface area contributed by atoms with E-state index >= 15 is 0 Å². The number of Topliss-reactive ketones (excluding diaryl/α,β-unsaturated/α-hetero) is 1. The number of hydrogen-bond acceptors (Lipinski definition) is 4. The average Bonchev–Trinajstić information content (AvgIpc) is 2.80. The molecule has 0 saturated heterocycles. The van der Waals surface area contributed by atoms with Gasteiger partial charge >= 0.3 is 5.97 Å². The standard InChI is InChI=1S/C17H19NO5/c1-18-12-8-15(23-3)14(22-2)7-9(12)6-13(18)16(19)10-4-5-11(10)17(20)21/h6-8,10-11H,4-5H2,1-3H3,(H,20,21). The van der Waals surface area contributed by atoms with Gasteiger partial charge in [-0.15, -0.1) is 0 Å². The first-order chi connectivity index (χ1) is 11.0. The second-order valence-corrected chi connectivity index (χ2v) is 5.85. The number of rotatable bonds is 5. The summed E-state index contributed by atoms with van der Waals surface area (Å²) in [4.78, 5) is 23.9. The molecule has 6 heteroatoms. The first-order valence-corrected chi connectivity index (χ1v) is 7.46. The van der Waals surface area contributed by atoms with Crippen LogP contribution < -0.4 is 9.47 Å². The lowest BCUT2D eigenvalue weighted by Gasteiger charge is -2.31. The van der Waals surface area contributed by atoms with Crippen LogP contribution in [0.4, 0.5) is 0 Å². The summed E-state index contributed by atoms with van der Waals surface area (Å²) < 4.78 is 12.4. The van der Waals surface area contributed by atoms with E-state index in [4.69, 9.17) is 14.6 Å². The second-order valence-electron chi connectivity index (χ2n) is 5.85. The minimum Gasteiger partial charge on any atom is -0.493 e. The molecule has 0 aliphatic heterocycles. The zero-order valence-electron chi connectivity index (χ0n) is 13.3. The summed E-state index contributed by atoms with van der Waals surface area (Å²) >= 11 is 0. The number of carbonyl (C=O) groups excluding carboxylic acids is 1. The van der Waals surface area contributed by atoms with Crippen LogP contribution >= 0.6 is 0 Å². The minimum atomic E-state index is -0.892. The molecule has 2 aromatic rings. The van der Waals surface area contributed by atoms with Gasteiger partial charge in [-0.3, -0.25) is 9.59 Å². The van der Waals surface area contributed by atoms with Crippen molar-refractivity contribution in [3.8, 4) is 11.5 Å². The Morgan fingerprint density at radius 2 is 1.70 bits per heavy atom. The number of aryl methyl sites for hydroxylation is 1. The molecule has 122 valence electrons. The summed E-state index contributed by atoms with van der Waals surface area (Å²) in [5, 5.41) is 10.0. The van der Waals surface area contributed by atoms with Crippen molar-refractivity contribution in [2.75, 3.05) is 14.2 Å². The first-order valence-electron chi connectivity index (χ1n) is 7.46. The van der Waals surface area contributed by atoms with Gasteiger partial charge in [0.1, 0.15) is 0 Å². The Labute approximate surface area is 133 Å². The van der Waals surface area contributed by atoms with Gasteiger partial charge in [0.2, 0.25) is 0 Å². The lowest BCUT2D eigenvalue weighted by Crippen LogP contribution is -2.38. The molecule has 1 aliphatic carbocycles. The van der Waals surface area contributed by atoms with Gasteiger partial charge in [0.05, 0.1) is 31.3 Å². The van der Waals surface area contributed by atoms with Gasteiger partial charge in [0.25, 0.3) is 0 Å². The number of aromatic nitrogens is 1. The molecule has 0 bridgehead atoms. The molecule has 1 aromatic carbocycles. The van der Waals surface area contributed by atoms with E-state index in [0.717, 1.165) is 10.9 Å². The summed E-state index contributed by atoms with van der Waals surface area (Å²) in [7, 11) is 4.92. The van der Waals surface area contributed by atoms with Crippen molar-refractivity contribution in [3.05, 3.63) is 23.9 Å². The topological polar surface area (TPSA) is 77.8 Å². The summed E-state index contributed by atoms with van der Waals surface area (Å²) in [6, 6.07) is 5.43. The van der Waals surface area contributed by atoms with Gasteiger partial charge in [-0.25, -0.2) is 0 Å². The number of aliphatic carboxylic acids is 1. The molecule has 0 radical (unpaired) electrons. The number of carbonyl (C=O) groups is 2. The minimum absolute atomic E-state index is 0.111. The zero-order valence-corrected chi connectivity index (χ0v) is 13.3. The van der Waals surface area contributed by atoms with E-state index in [2.05, 4.69) is 0 Å². The molecule has 1 aromatic heterocycles. The molecule has 0 amide bonds. The van der Waals surface area contributed by atoms with Gasteiger partial charge in [0.15, 0.2) is 17.3 Å². The number of methoxy groups -OCH3 is 2. The highest BCUT2D eigenvalue weighted by atomic mass is 16.5. The van der Waals surface area contributed by atoms with E-state index in [9.17, 15) is 9.59 Å². The fourth-order valence-corrected chi connectivity index (χ4v) is 3.20. The largest absolute Gasteiger partial charge is 0.493 e. The van der Waals surface area contributed by atoms with Crippen LogP contribution in [-0.2, 0) is 11.8 Å². The van der Waals surface area contributed by atoms with E-state index in [0.29, 0.717) is 30.0 Å². The average molecular weight is 317 g/mol. The van der Waals surface area contributed by atoms with Crippen LogP contribution in [0.2, 0.25) is 0 Å². The molecule has 2 atom stereocenters. The number of benzene rings is 1. The lowest BCUT2D eigenvalue weighted by molar-refractivity contribution is -0.146. The van der Waals surface area contributed by atoms with Crippen LogP contribution in [0.5, 0.6) is 11.5 Å². The van der Waals surface area contributed by atoms with Crippen LogP contribution in [0, 0.1) is 11.8 Å². The third-order valence-corrected chi connectivity index (χ3v) is 4.73. The Bertz CT molecular complexity index is 792. The molecule has 1 aliphatic rings. The van der Waals surface area contributed by atoms with Gasteiger partial charge in [0, 0.05) is 24.4 Å². The van der Waals surface area contributed by atoms with E-state index in [-0.39, 0.29) is 5.78 Å². The highest BCUT2D eigenvalue weighted by Crippen LogP contribution is 2.39. The quantitative estimate of drug-likeness (QED) is 0.857. The summed E-state index contributed by atoms with van der Waals surface area (Å²) in [6.45, 7) is 0. The van der Waals surface area contributed by atoms with Crippen molar-refractivity contribution in [2.45, 2.75) is 12.8 Å². The molecule has 1 saturated carbocycles. The molecule has 6 nitrogen and oxygen atoms in total. The Balaban J connectivity index is 2.03. The Kier molecular flexibility index (Phi) is 3.75. The molecular formula is C17H19NO5. The van der Waals surface area contributed by atoms with Crippen LogP contribution in [0.15, 0.2) is 18.2 Å². The predicted molar refractivity (Wildman–Crippen MR) is 84.2 cm³/mol. The third-order valence-electron chi connectivity index (χ3n) is 4.73. The lowest BCUT2D eigenvalue weighted by atomic mass is 9.71. The highest BCUT2D eigenvalue weighted by Gasteiger charge is 2.42. The molecule has 23 heavy (non-hydrogen) atoms. The SMILES string of the molecule is COc1cc2cc(C(=O)C3CCC3C(=O)O)n(C)c2cc1OC. The van der Waals surface area contributed by atoms with Crippen LogP contribution in [0.25, 0.3) is 10.9 Å². The monoisotopic (exact) mass is 317 g/mol. The number of fused-ring (bicyclic) bond motifs is 1. The molecule has 1 heterocycles. The van der Waals surface area contributed by atoms with Crippen molar-refractivity contribution >= 4 is 22.7 Å². The Hall–Kier alpha value is -2.50. The predicted octanol–water partition coefficient (Wildman–Crippen LogP) is 2.49. The fraction of sp³-hybridized carbons (Fsp3) is 0.412. The second kappa shape index (κ2) is 5.61. The smallest absolute Gasteiger partial charge is 0.307 e. The number of nitrogens with zero attached hydrogens (tertiary/aromatic N) is 1. The highest BCUT2D eigenvalue weighted by molar-refractivity contribution is 6.03. The number of ketones is 1. The van der Waals surface area contributed by atoms with E-state index in [1.807, 2.05) is 12.1 Å². The third kappa shape index (κ3) is 2.34. The molecule has 1 N–H and O–H groups in total. The van der Waals surface area contributed by atoms with Gasteiger partial charge in [-0.2, -0.15) is 0 Å². The van der Waals surface area contributed by atoms with Crippen molar-refractivity contribution < 1.29 is 24.2 Å². The molecular weight excluding hydrogens is 298 g/mol. The van der Waals surface area contributed by atoms with Crippen molar-refractivity contribution in [1.82, 2.24) is 4.57 Å². The first kappa shape index (κ1) is 15.4. The number of carboxylic acid groups (broad SMARTS) is 1.